The predicted octanol–water partition coefficient (Wildman–Crippen LogP) is 2.26. The molecule has 0 aromatic heterocycles. The number of sulfone groups is 1. The zero-order valence-corrected chi connectivity index (χ0v) is 13.7. The molecule has 4 nitrogen and oxygen atoms in total. The summed E-state index contributed by atoms with van der Waals surface area (Å²) in [4.78, 5) is 4.26. The molecule has 1 aromatic carbocycles. The third kappa shape index (κ3) is 4.16. The van der Waals surface area contributed by atoms with Crippen molar-refractivity contribution >= 4 is 15.5 Å². The highest BCUT2D eigenvalue weighted by Crippen LogP contribution is 2.23. The average molecular weight is 332 g/mol. The maximum absolute atomic E-state index is 12.6. The molecule has 0 spiro atoms. The first kappa shape index (κ1) is 17.1. The molecule has 124 valence electrons. The van der Waals surface area contributed by atoms with E-state index >= 15 is 0 Å². The fraction of sp³-hybridized carbons (Fsp3) is 0.600. The van der Waals surface area contributed by atoms with Crippen molar-refractivity contribution in [3.05, 3.63) is 24.3 Å². The van der Waals surface area contributed by atoms with E-state index in [1.165, 1.54) is 6.26 Å². The first-order chi connectivity index (χ1) is 10.3. The van der Waals surface area contributed by atoms with Crippen LogP contribution in [-0.4, -0.2) is 58.2 Å². The molecule has 0 saturated carbocycles. The largest absolute Gasteiger partial charge is 0.369 e. The van der Waals surface area contributed by atoms with Crippen molar-refractivity contribution in [1.82, 2.24) is 4.90 Å². The van der Waals surface area contributed by atoms with E-state index in [4.69, 9.17) is 0 Å². The van der Waals surface area contributed by atoms with Gasteiger partial charge in [0.1, 0.15) is 0 Å². The van der Waals surface area contributed by atoms with Gasteiger partial charge in [-0.05, 0) is 30.7 Å². The number of benzene rings is 1. The van der Waals surface area contributed by atoms with E-state index in [-0.39, 0.29) is 12.6 Å². The van der Waals surface area contributed by atoms with Crippen LogP contribution in [0.3, 0.4) is 0 Å². The number of hydrogen-bond donors (Lipinski definition) is 0. The number of anilines is 1. The lowest BCUT2D eigenvalue weighted by molar-refractivity contribution is 0.0588. The second-order valence-corrected chi connectivity index (χ2v) is 7.68. The predicted molar refractivity (Wildman–Crippen MR) is 83.4 cm³/mol. The van der Waals surface area contributed by atoms with Gasteiger partial charge in [0.25, 0.3) is 6.43 Å². The molecule has 1 saturated heterocycles. The van der Waals surface area contributed by atoms with Crippen LogP contribution in [0.4, 0.5) is 14.5 Å². The first-order valence-corrected chi connectivity index (χ1v) is 9.27. The maximum Gasteiger partial charge on any atom is 0.251 e. The number of halogens is 2. The molecule has 1 atom stereocenters. The van der Waals surface area contributed by atoms with Gasteiger partial charge in [-0.1, -0.05) is 6.92 Å². The SMILES string of the molecule is CCC1CN(c2ccc(S(C)(=O)=O)cc2)CCN1CC(F)F. The van der Waals surface area contributed by atoms with Crippen molar-refractivity contribution in [2.24, 2.45) is 0 Å². The van der Waals surface area contributed by atoms with E-state index < -0.39 is 16.3 Å². The average Bonchev–Trinajstić information content (AvgIpc) is 2.46. The minimum Gasteiger partial charge on any atom is -0.369 e. The van der Waals surface area contributed by atoms with Crippen LogP contribution >= 0.6 is 0 Å². The Balaban J connectivity index is 2.08. The minimum atomic E-state index is -3.20. The third-order valence-electron chi connectivity index (χ3n) is 4.08. The molecular formula is C15H22F2N2O2S. The van der Waals surface area contributed by atoms with Gasteiger partial charge in [0, 0.05) is 37.6 Å². The standard InChI is InChI=1S/C15H22F2N2O2S/c1-3-12-10-18(8-9-19(12)11-15(16)17)13-4-6-14(7-5-13)22(2,20)21/h4-7,12,15H,3,8-11H2,1-2H3. The van der Waals surface area contributed by atoms with E-state index in [9.17, 15) is 17.2 Å². The van der Waals surface area contributed by atoms with Gasteiger partial charge >= 0.3 is 0 Å². The van der Waals surface area contributed by atoms with Gasteiger partial charge in [-0.2, -0.15) is 0 Å². The molecule has 0 amide bonds. The highest BCUT2D eigenvalue weighted by molar-refractivity contribution is 7.90. The third-order valence-corrected chi connectivity index (χ3v) is 5.21. The lowest BCUT2D eigenvalue weighted by Gasteiger charge is -2.42. The maximum atomic E-state index is 12.6. The van der Waals surface area contributed by atoms with Crippen LogP contribution in [0, 0.1) is 0 Å². The molecule has 2 rings (SSSR count). The number of piperazine rings is 1. The van der Waals surface area contributed by atoms with E-state index in [0.29, 0.717) is 24.5 Å². The summed E-state index contributed by atoms with van der Waals surface area (Å²) < 4.78 is 48.1. The van der Waals surface area contributed by atoms with Crippen molar-refractivity contribution in [3.8, 4) is 0 Å². The molecule has 0 aliphatic carbocycles. The summed E-state index contributed by atoms with van der Waals surface area (Å²) in [6, 6.07) is 6.85. The highest BCUT2D eigenvalue weighted by Gasteiger charge is 2.27. The summed E-state index contributed by atoms with van der Waals surface area (Å²) in [6.07, 6.45) is -0.322. The van der Waals surface area contributed by atoms with Crippen molar-refractivity contribution in [1.29, 1.82) is 0 Å². The molecular weight excluding hydrogens is 310 g/mol. The molecule has 7 heteroatoms. The Labute approximate surface area is 130 Å². The topological polar surface area (TPSA) is 40.6 Å². The normalized spacial score (nSPS) is 20.6. The van der Waals surface area contributed by atoms with Crippen LogP contribution in [0.15, 0.2) is 29.2 Å². The van der Waals surface area contributed by atoms with E-state index in [0.717, 1.165) is 12.1 Å². The summed E-state index contributed by atoms with van der Waals surface area (Å²) in [5.74, 6) is 0. The Kier molecular flexibility index (Phi) is 5.39. The molecule has 0 bridgehead atoms. The number of rotatable bonds is 5. The molecule has 1 unspecified atom stereocenters. The first-order valence-electron chi connectivity index (χ1n) is 7.38. The Hall–Kier alpha value is -1.21. The smallest absolute Gasteiger partial charge is 0.251 e. The van der Waals surface area contributed by atoms with Crippen molar-refractivity contribution in [3.63, 3.8) is 0 Å². The quantitative estimate of drug-likeness (QED) is 0.829. The molecule has 1 aromatic rings. The van der Waals surface area contributed by atoms with Crippen molar-refractivity contribution in [2.75, 3.05) is 37.3 Å². The Morgan fingerprint density at radius 3 is 2.36 bits per heavy atom. The molecule has 0 radical (unpaired) electrons. The van der Waals surface area contributed by atoms with Gasteiger partial charge < -0.3 is 4.90 Å². The molecule has 1 aliphatic rings. The van der Waals surface area contributed by atoms with Gasteiger partial charge in [-0.15, -0.1) is 0 Å². The number of nitrogens with zero attached hydrogens (tertiary/aromatic N) is 2. The zero-order chi connectivity index (χ0) is 16.3. The zero-order valence-electron chi connectivity index (χ0n) is 12.9. The molecule has 0 N–H and O–H groups in total. The van der Waals surface area contributed by atoms with E-state index in [1.807, 2.05) is 11.8 Å². The van der Waals surface area contributed by atoms with Gasteiger partial charge in [0.05, 0.1) is 11.4 Å². The molecule has 1 heterocycles. The summed E-state index contributed by atoms with van der Waals surface area (Å²) in [6.45, 7) is 3.76. The lowest BCUT2D eigenvalue weighted by atomic mass is 10.1. The van der Waals surface area contributed by atoms with Crippen LogP contribution < -0.4 is 4.90 Å². The summed E-state index contributed by atoms with van der Waals surface area (Å²) in [5, 5.41) is 0. The Morgan fingerprint density at radius 2 is 1.86 bits per heavy atom. The van der Waals surface area contributed by atoms with Gasteiger partial charge in [-0.3, -0.25) is 4.90 Å². The van der Waals surface area contributed by atoms with E-state index in [1.54, 1.807) is 24.3 Å². The van der Waals surface area contributed by atoms with Crippen LogP contribution in [0.2, 0.25) is 0 Å². The Morgan fingerprint density at radius 1 is 1.23 bits per heavy atom. The van der Waals surface area contributed by atoms with Crippen molar-refractivity contribution < 1.29 is 17.2 Å². The van der Waals surface area contributed by atoms with E-state index in [2.05, 4.69) is 4.90 Å². The van der Waals surface area contributed by atoms with Gasteiger partial charge in [-0.25, -0.2) is 17.2 Å². The van der Waals surface area contributed by atoms with Crippen LogP contribution in [0.5, 0.6) is 0 Å². The van der Waals surface area contributed by atoms with Crippen LogP contribution in [0.1, 0.15) is 13.3 Å². The molecule has 1 fully saturated rings. The summed E-state index contributed by atoms with van der Waals surface area (Å²) >= 11 is 0. The minimum absolute atomic E-state index is 0.0948. The highest BCUT2D eigenvalue weighted by atomic mass is 32.2. The second-order valence-electron chi connectivity index (χ2n) is 5.66. The van der Waals surface area contributed by atoms with Crippen molar-refractivity contribution in [2.45, 2.75) is 30.7 Å². The van der Waals surface area contributed by atoms with Crippen LogP contribution in [-0.2, 0) is 9.84 Å². The number of alkyl halides is 2. The fourth-order valence-electron chi connectivity index (χ4n) is 2.84. The number of hydrogen-bond acceptors (Lipinski definition) is 4. The van der Waals surface area contributed by atoms with Gasteiger partial charge in [0.2, 0.25) is 0 Å². The summed E-state index contributed by atoms with van der Waals surface area (Å²) in [5.41, 5.74) is 0.933. The van der Waals surface area contributed by atoms with Gasteiger partial charge in [0.15, 0.2) is 9.84 Å². The monoisotopic (exact) mass is 332 g/mol. The second kappa shape index (κ2) is 6.91. The van der Waals surface area contributed by atoms with Crippen LogP contribution in [0.25, 0.3) is 0 Å². The fourth-order valence-corrected chi connectivity index (χ4v) is 3.47. The summed E-state index contributed by atoms with van der Waals surface area (Å²) in [7, 11) is -3.20. The molecule has 1 aliphatic heterocycles. The Bertz CT molecular complexity index is 590. The molecule has 22 heavy (non-hydrogen) atoms. The lowest BCUT2D eigenvalue weighted by Crippen LogP contribution is -2.54.